The molecule has 11 heteroatoms. The van der Waals surface area contributed by atoms with Gasteiger partial charge in [-0.3, -0.25) is 14.9 Å². The van der Waals surface area contributed by atoms with E-state index in [0.29, 0.717) is 43.1 Å². The molecule has 0 aliphatic rings. The molecular formula is C19H16Cl2N4O3S2. The average Bonchev–Trinajstić information content (AvgIpc) is 3.17. The Morgan fingerprint density at radius 3 is 2.53 bits per heavy atom. The highest BCUT2D eigenvalue weighted by Crippen LogP contribution is 2.27. The number of rotatable bonds is 8. The molecular weight excluding hydrogens is 467 g/mol. The maximum atomic E-state index is 12.3. The summed E-state index contributed by atoms with van der Waals surface area (Å²) in [5.74, 6) is 0.293. The molecule has 0 saturated heterocycles. The minimum atomic E-state index is -0.303. The van der Waals surface area contributed by atoms with Gasteiger partial charge in [0.2, 0.25) is 11.0 Å². The van der Waals surface area contributed by atoms with E-state index in [2.05, 4.69) is 20.8 Å². The quantitative estimate of drug-likeness (QED) is 0.337. The van der Waals surface area contributed by atoms with Crippen LogP contribution in [0, 0.1) is 0 Å². The van der Waals surface area contributed by atoms with Crippen molar-refractivity contribution in [1.29, 1.82) is 0 Å². The molecule has 156 valence electrons. The highest BCUT2D eigenvalue weighted by atomic mass is 35.5. The van der Waals surface area contributed by atoms with Crippen molar-refractivity contribution < 1.29 is 14.3 Å². The van der Waals surface area contributed by atoms with E-state index in [1.54, 1.807) is 42.5 Å². The van der Waals surface area contributed by atoms with Gasteiger partial charge in [-0.15, -0.1) is 10.2 Å². The Morgan fingerprint density at radius 2 is 1.83 bits per heavy atom. The molecule has 0 spiro atoms. The molecule has 1 heterocycles. The zero-order chi connectivity index (χ0) is 21.5. The molecule has 1 aromatic heterocycles. The van der Waals surface area contributed by atoms with Crippen LogP contribution in [0.2, 0.25) is 10.0 Å². The maximum Gasteiger partial charge on any atom is 0.257 e. The SMILES string of the molecule is CCOc1ccc(C(=O)Nc2nnc(SCC(=O)Nc3ccc(Cl)c(Cl)c3)s2)cc1. The number of anilines is 2. The van der Waals surface area contributed by atoms with E-state index in [1.165, 1.54) is 23.1 Å². The molecule has 0 atom stereocenters. The summed E-state index contributed by atoms with van der Waals surface area (Å²) in [7, 11) is 0. The highest BCUT2D eigenvalue weighted by molar-refractivity contribution is 8.01. The van der Waals surface area contributed by atoms with Gasteiger partial charge in [-0.05, 0) is 49.4 Å². The van der Waals surface area contributed by atoms with Crippen LogP contribution in [0.5, 0.6) is 5.75 Å². The van der Waals surface area contributed by atoms with E-state index in [4.69, 9.17) is 27.9 Å². The second-order valence-corrected chi connectivity index (χ2v) is 8.76. The lowest BCUT2D eigenvalue weighted by molar-refractivity contribution is -0.113. The summed E-state index contributed by atoms with van der Waals surface area (Å²) < 4.78 is 5.91. The fraction of sp³-hybridized carbons (Fsp3) is 0.158. The Hall–Kier alpha value is -2.33. The van der Waals surface area contributed by atoms with Crippen molar-refractivity contribution in [1.82, 2.24) is 10.2 Å². The van der Waals surface area contributed by atoms with Crippen LogP contribution >= 0.6 is 46.3 Å². The third-order valence-corrected chi connectivity index (χ3v) is 6.30. The monoisotopic (exact) mass is 482 g/mol. The van der Waals surface area contributed by atoms with Gasteiger partial charge in [0.05, 0.1) is 22.4 Å². The summed E-state index contributed by atoms with van der Waals surface area (Å²) in [5, 5.41) is 14.5. The number of thioether (sulfide) groups is 1. The van der Waals surface area contributed by atoms with Crippen molar-refractivity contribution in [3.63, 3.8) is 0 Å². The first-order valence-corrected chi connectivity index (χ1v) is 11.3. The van der Waals surface area contributed by atoms with Gasteiger partial charge < -0.3 is 10.1 Å². The normalized spacial score (nSPS) is 10.5. The number of amides is 2. The summed E-state index contributed by atoms with van der Waals surface area (Å²) in [6.45, 7) is 2.45. The highest BCUT2D eigenvalue weighted by Gasteiger charge is 2.12. The lowest BCUT2D eigenvalue weighted by Crippen LogP contribution is -2.13. The van der Waals surface area contributed by atoms with Crippen molar-refractivity contribution >= 4 is 68.9 Å². The van der Waals surface area contributed by atoms with E-state index in [1.807, 2.05) is 6.92 Å². The Morgan fingerprint density at radius 1 is 1.07 bits per heavy atom. The molecule has 0 unspecified atom stereocenters. The standard InChI is InChI=1S/C19H16Cl2N4O3S2/c1-2-28-13-6-3-11(4-7-13)17(27)23-18-24-25-19(30-18)29-10-16(26)22-12-5-8-14(20)15(21)9-12/h3-9H,2,10H2,1H3,(H,22,26)(H,23,24,27). The number of benzene rings is 2. The Labute approximate surface area is 191 Å². The van der Waals surface area contributed by atoms with Crippen LogP contribution < -0.4 is 15.4 Å². The summed E-state index contributed by atoms with van der Waals surface area (Å²) in [6.07, 6.45) is 0. The number of carbonyl (C=O) groups excluding carboxylic acids is 2. The molecule has 3 aromatic rings. The fourth-order valence-electron chi connectivity index (χ4n) is 2.26. The van der Waals surface area contributed by atoms with Gasteiger partial charge in [-0.25, -0.2) is 0 Å². The molecule has 2 N–H and O–H groups in total. The first kappa shape index (κ1) is 22.4. The van der Waals surface area contributed by atoms with Crippen LogP contribution in [0.15, 0.2) is 46.8 Å². The Bertz CT molecular complexity index is 1040. The third kappa shape index (κ3) is 6.33. The van der Waals surface area contributed by atoms with Gasteiger partial charge in [0.25, 0.3) is 5.91 Å². The van der Waals surface area contributed by atoms with Gasteiger partial charge in [-0.2, -0.15) is 0 Å². The second kappa shape index (κ2) is 10.6. The average molecular weight is 483 g/mol. The number of ether oxygens (including phenoxy) is 1. The van der Waals surface area contributed by atoms with Crippen LogP contribution in [0.3, 0.4) is 0 Å². The van der Waals surface area contributed by atoms with Crippen LogP contribution in [0.4, 0.5) is 10.8 Å². The lowest BCUT2D eigenvalue weighted by Gasteiger charge is -2.05. The van der Waals surface area contributed by atoms with Crippen molar-refractivity contribution in [2.24, 2.45) is 0 Å². The topological polar surface area (TPSA) is 93.2 Å². The van der Waals surface area contributed by atoms with Crippen molar-refractivity contribution in [3.8, 4) is 5.75 Å². The summed E-state index contributed by atoms with van der Waals surface area (Å²) in [5.41, 5.74) is 1.03. The Kier molecular flexibility index (Phi) is 7.92. The number of aromatic nitrogens is 2. The van der Waals surface area contributed by atoms with Gasteiger partial charge in [-0.1, -0.05) is 46.3 Å². The number of carbonyl (C=O) groups is 2. The van der Waals surface area contributed by atoms with E-state index in [-0.39, 0.29) is 17.6 Å². The third-order valence-electron chi connectivity index (χ3n) is 3.58. The molecule has 7 nitrogen and oxygen atoms in total. The van der Waals surface area contributed by atoms with Crippen LogP contribution in [-0.4, -0.2) is 34.4 Å². The zero-order valence-electron chi connectivity index (χ0n) is 15.6. The zero-order valence-corrected chi connectivity index (χ0v) is 18.8. The predicted molar refractivity (Wildman–Crippen MR) is 121 cm³/mol. The molecule has 2 aromatic carbocycles. The molecule has 2 amide bonds. The summed E-state index contributed by atoms with van der Waals surface area (Å²) in [4.78, 5) is 24.4. The van der Waals surface area contributed by atoms with E-state index in [0.717, 1.165) is 0 Å². The minimum Gasteiger partial charge on any atom is -0.494 e. The molecule has 0 radical (unpaired) electrons. The summed E-state index contributed by atoms with van der Waals surface area (Å²) >= 11 is 14.2. The van der Waals surface area contributed by atoms with E-state index < -0.39 is 0 Å². The predicted octanol–water partition coefficient (Wildman–Crippen LogP) is 5.23. The first-order chi connectivity index (χ1) is 14.4. The molecule has 0 aliphatic heterocycles. The van der Waals surface area contributed by atoms with E-state index >= 15 is 0 Å². The van der Waals surface area contributed by atoms with Gasteiger partial charge >= 0.3 is 0 Å². The molecule has 0 aliphatic carbocycles. The van der Waals surface area contributed by atoms with E-state index in [9.17, 15) is 9.59 Å². The number of nitrogens with zero attached hydrogens (tertiary/aromatic N) is 2. The summed E-state index contributed by atoms with van der Waals surface area (Å²) in [6, 6.07) is 11.6. The van der Waals surface area contributed by atoms with Crippen molar-refractivity contribution in [3.05, 3.63) is 58.1 Å². The number of hydrogen-bond acceptors (Lipinski definition) is 7. The largest absolute Gasteiger partial charge is 0.494 e. The number of halogens is 2. The molecule has 30 heavy (non-hydrogen) atoms. The first-order valence-electron chi connectivity index (χ1n) is 8.70. The lowest BCUT2D eigenvalue weighted by atomic mass is 10.2. The fourth-order valence-corrected chi connectivity index (χ4v) is 4.10. The van der Waals surface area contributed by atoms with Crippen LogP contribution in [-0.2, 0) is 4.79 Å². The van der Waals surface area contributed by atoms with Gasteiger partial charge in [0.1, 0.15) is 5.75 Å². The van der Waals surface area contributed by atoms with Crippen LogP contribution in [0.25, 0.3) is 0 Å². The Balaban J connectivity index is 1.50. The van der Waals surface area contributed by atoms with Crippen molar-refractivity contribution in [2.75, 3.05) is 23.0 Å². The number of nitrogens with one attached hydrogen (secondary N) is 2. The van der Waals surface area contributed by atoms with Gasteiger partial charge in [0.15, 0.2) is 4.34 Å². The number of hydrogen-bond donors (Lipinski definition) is 2. The van der Waals surface area contributed by atoms with Crippen LogP contribution in [0.1, 0.15) is 17.3 Å². The second-order valence-electron chi connectivity index (χ2n) is 5.75. The molecule has 0 fully saturated rings. The minimum absolute atomic E-state index is 0.127. The molecule has 0 saturated carbocycles. The maximum absolute atomic E-state index is 12.3. The molecule has 0 bridgehead atoms. The smallest absolute Gasteiger partial charge is 0.257 e. The molecule has 3 rings (SSSR count). The van der Waals surface area contributed by atoms with Crippen molar-refractivity contribution in [2.45, 2.75) is 11.3 Å². The van der Waals surface area contributed by atoms with Gasteiger partial charge in [0, 0.05) is 11.3 Å².